The van der Waals surface area contributed by atoms with Gasteiger partial charge < -0.3 is 9.16 Å². The first-order chi connectivity index (χ1) is 12.4. The van der Waals surface area contributed by atoms with Crippen LogP contribution in [0, 0.1) is 0 Å². The smallest absolute Gasteiger partial charge is 0.192 e. The van der Waals surface area contributed by atoms with Crippen LogP contribution in [0.3, 0.4) is 0 Å². The summed E-state index contributed by atoms with van der Waals surface area (Å²) in [5.41, 5.74) is 0. The molecule has 0 bridgehead atoms. The van der Waals surface area contributed by atoms with Crippen molar-refractivity contribution in [2.45, 2.75) is 94.6 Å². The first-order valence-electron chi connectivity index (χ1n) is 9.59. The third-order valence-electron chi connectivity index (χ3n) is 5.11. The van der Waals surface area contributed by atoms with Gasteiger partial charge in [-0.15, -0.1) is 13.2 Å². The molecule has 0 aromatic rings. The number of rotatable bonds is 13. The summed E-state index contributed by atoms with van der Waals surface area (Å²) in [6, 6.07) is 0. The van der Waals surface area contributed by atoms with Crippen molar-refractivity contribution in [1.82, 2.24) is 0 Å². The van der Waals surface area contributed by atoms with Crippen LogP contribution in [0.4, 0.5) is 0 Å². The van der Waals surface area contributed by atoms with Gasteiger partial charge in [0.15, 0.2) is 8.32 Å². The maximum Gasteiger partial charge on any atom is 0.192 e. The molecular formula is C21H37Br3O2Si. The predicted molar refractivity (Wildman–Crippen MR) is 134 cm³/mol. The molecule has 0 unspecified atom stereocenters. The van der Waals surface area contributed by atoms with Crippen molar-refractivity contribution in [2.24, 2.45) is 0 Å². The van der Waals surface area contributed by atoms with Gasteiger partial charge in [0.1, 0.15) is 0 Å². The number of ether oxygens (including phenoxy) is 1. The lowest BCUT2D eigenvalue weighted by molar-refractivity contribution is -0.0679. The van der Waals surface area contributed by atoms with Crippen LogP contribution in [-0.4, -0.2) is 31.5 Å². The predicted octanol–water partition coefficient (Wildman–Crippen LogP) is 8.48. The summed E-state index contributed by atoms with van der Waals surface area (Å²) in [5.74, 6) is 0. The highest BCUT2D eigenvalue weighted by atomic mass is 79.9. The lowest BCUT2D eigenvalue weighted by Gasteiger charge is -2.42. The van der Waals surface area contributed by atoms with Crippen LogP contribution in [0.15, 0.2) is 34.8 Å². The van der Waals surface area contributed by atoms with Gasteiger partial charge in [0.25, 0.3) is 0 Å². The van der Waals surface area contributed by atoms with Crippen molar-refractivity contribution >= 4 is 56.1 Å². The summed E-state index contributed by atoms with van der Waals surface area (Å²) in [6.45, 7) is 21.4. The van der Waals surface area contributed by atoms with E-state index in [-0.39, 0.29) is 28.2 Å². The number of hydrogen-bond acceptors (Lipinski definition) is 2. The quantitative estimate of drug-likeness (QED) is 0.122. The Morgan fingerprint density at radius 1 is 1.00 bits per heavy atom. The SMILES string of the molecule is C=CC[C@H](O[Si](C)(C)C(C)(C)C)[C@H](CC=C(Br)Br)O[C@H](CC=C)[C@@H](Br)CC. The fourth-order valence-electron chi connectivity index (χ4n) is 2.44. The van der Waals surface area contributed by atoms with Crippen LogP contribution in [-0.2, 0) is 9.16 Å². The summed E-state index contributed by atoms with van der Waals surface area (Å²) >= 11 is 10.7. The van der Waals surface area contributed by atoms with Crippen LogP contribution < -0.4 is 0 Å². The normalized spacial score (nSPS) is 16.9. The second-order valence-electron chi connectivity index (χ2n) is 8.33. The summed E-state index contributed by atoms with van der Waals surface area (Å²) < 4.78 is 14.3. The topological polar surface area (TPSA) is 18.5 Å². The fraction of sp³-hybridized carbons (Fsp3) is 0.714. The molecule has 0 fully saturated rings. The van der Waals surface area contributed by atoms with E-state index in [9.17, 15) is 0 Å². The molecule has 4 atom stereocenters. The minimum atomic E-state index is -1.93. The molecule has 0 aromatic heterocycles. The molecule has 0 radical (unpaired) electrons. The molecule has 27 heavy (non-hydrogen) atoms. The molecule has 0 aliphatic rings. The molecule has 158 valence electrons. The van der Waals surface area contributed by atoms with Crippen molar-refractivity contribution in [3.63, 3.8) is 0 Å². The second kappa shape index (κ2) is 13.2. The highest BCUT2D eigenvalue weighted by Gasteiger charge is 2.41. The molecule has 0 aliphatic carbocycles. The Hall–Kier alpha value is 0.797. The van der Waals surface area contributed by atoms with Crippen LogP contribution in [0.5, 0.6) is 0 Å². The average molecular weight is 589 g/mol. The van der Waals surface area contributed by atoms with E-state index < -0.39 is 8.32 Å². The van der Waals surface area contributed by atoms with Crippen molar-refractivity contribution in [2.75, 3.05) is 0 Å². The largest absolute Gasteiger partial charge is 0.411 e. The Morgan fingerprint density at radius 3 is 1.93 bits per heavy atom. The molecule has 0 spiro atoms. The molecule has 6 heteroatoms. The van der Waals surface area contributed by atoms with Crippen LogP contribution in [0.25, 0.3) is 0 Å². The Labute approximate surface area is 193 Å². The zero-order valence-corrected chi connectivity index (χ0v) is 23.5. The Bertz CT molecular complexity index is 482. The van der Waals surface area contributed by atoms with Crippen LogP contribution in [0.1, 0.15) is 53.4 Å². The van der Waals surface area contributed by atoms with Crippen molar-refractivity contribution < 1.29 is 9.16 Å². The fourth-order valence-corrected chi connectivity index (χ4v) is 4.51. The molecule has 0 saturated heterocycles. The zero-order valence-electron chi connectivity index (χ0n) is 17.7. The summed E-state index contributed by atoms with van der Waals surface area (Å²) in [6.07, 6.45) is 9.28. The third-order valence-corrected chi connectivity index (χ3v) is 11.5. The van der Waals surface area contributed by atoms with Gasteiger partial charge in [-0.05, 0) is 75.7 Å². The second-order valence-corrected chi connectivity index (χ2v) is 17.0. The molecule has 0 amide bonds. The Balaban J connectivity index is 5.69. The van der Waals surface area contributed by atoms with Gasteiger partial charge in [0.2, 0.25) is 0 Å². The highest BCUT2D eigenvalue weighted by molar-refractivity contribution is 9.28. The van der Waals surface area contributed by atoms with Crippen LogP contribution in [0.2, 0.25) is 18.1 Å². The van der Waals surface area contributed by atoms with Gasteiger partial charge in [-0.1, -0.05) is 61.9 Å². The van der Waals surface area contributed by atoms with Gasteiger partial charge in [-0.3, -0.25) is 0 Å². The maximum absolute atomic E-state index is 6.77. The molecule has 0 aromatic carbocycles. The molecule has 0 aliphatic heterocycles. The van der Waals surface area contributed by atoms with E-state index >= 15 is 0 Å². The Kier molecular flexibility index (Phi) is 13.6. The first kappa shape index (κ1) is 27.8. The molecule has 0 rings (SSSR count). The van der Waals surface area contributed by atoms with E-state index in [4.69, 9.17) is 9.16 Å². The average Bonchev–Trinajstić information content (AvgIpc) is 2.55. The minimum absolute atomic E-state index is 0.0251. The van der Waals surface area contributed by atoms with E-state index in [1.807, 2.05) is 12.2 Å². The monoisotopic (exact) mass is 586 g/mol. The first-order valence-corrected chi connectivity index (χ1v) is 15.0. The molecule has 0 saturated carbocycles. The summed E-state index contributed by atoms with van der Waals surface area (Å²) in [5, 5.41) is 0.144. The number of hydrogen-bond donors (Lipinski definition) is 0. The van der Waals surface area contributed by atoms with Crippen molar-refractivity contribution in [3.05, 3.63) is 34.8 Å². The van der Waals surface area contributed by atoms with Crippen LogP contribution >= 0.6 is 47.8 Å². The van der Waals surface area contributed by atoms with E-state index in [0.717, 1.165) is 29.1 Å². The summed E-state index contributed by atoms with van der Waals surface area (Å²) in [7, 11) is -1.93. The van der Waals surface area contributed by atoms with E-state index in [2.05, 4.69) is 108 Å². The van der Waals surface area contributed by atoms with Gasteiger partial charge in [0.05, 0.1) is 21.7 Å². The standard InChI is InChI=1S/C21H37Br3O2Si/c1-9-12-17(16(22)11-3)25-18(14-15-20(23)24)19(13-10-2)26-27(7,8)21(4,5)6/h9-10,15-19H,1-2,11-14H2,3-8H3/t16-,17+,18-,19-/m0/s1. The lowest BCUT2D eigenvalue weighted by atomic mass is 10.1. The lowest BCUT2D eigenvalue weighted by Crippen LogP contribution is -2.48. The molecule has 0 heterocycles. The van der Waals surface area contributed by atoms with Gasteiger partial charge in [0, 0.05) is 4.83 Å². The Morgan fingerprint density at radius 2 is 1.52 bits per heavy atom. The van der Waals surface area contributed by atoms with E-state index in [1.165, 1.54) is 0 Å². The summed E-state index contributed by atoms with van der Waals surface area (Å²) in [4.78, 5) is 0.284. The third kappa shape index (κ3) is 10.4. The highest BCUT2D eigenvalue weighted by Crippen LogP contribution is 2.39. The van der Waals surface area contributed by atoms with Crippen molar-refractivity contribution in [3.8, 4) is 0 Å². The maximum atomic E-state index is 6.77. The van der Waals surface area contributed by atoms with Gasteiger partial charge >= 0.3 is 0 Å². The number of alkyl halides is 1. The van der Waals surface area contributed by atoms with E-state index in [1.54, 1.807) is 0 Å². The van der Waals surface area contributed by atoms with Gasteiger partial charge in [-0.25, -0.2) is 0 Å². The van der Waals surface area contributed by atoms with Gasteiger partial charge in [-0.2, -0.15) is 0 Å². The van der Waals surface area contributed by atoms with Crippen molar-refractivity contribution in [1.29, 1.82) is 0 Å². The van der Waals surface area contributed by atoms with E-state index in [0.29, 0.717) is 0 Å². The number of halogens is 3. The molecule has 0 N–H and O–H groups in total. The minimum Gasteiger partial charge on any atom is -0.411 e. The molecular weight excluding hydrogens is 552 g/mol. The zero-order chi connectivity index (χ0) is 21.3. The molecule has 2 nitrogen and oxygen atoms in total.